The number of ether oxygens (including phenoxy) is 1. The zero-order valence-electron chi connectivity index (χ0n) is 17.1. The lowest BCUT2D eigenvalue weighted by atomic mass is 10.0. The van der Waals surface area contributed by atoms with Gasteiger partial charge in [0.15, 0.2) is 5.78 Å². The Labute approximate surface area is 173 Å². The van der Waals surface area contributed by atoms with Crippen LogP contribution in [0.15, 0.2) is 54.6 Å². The van der Waals surface area contributed by atoms with E-state index >= 15 is 0 Å². The monoisotopic (exact) mass is 394 g/mol. The highest BCUT2D eigenvalue weighted by atomic mass is 16.5. The number of aryl methyl sites for hydroxylation is 1. The van der Waals surface area contributed by atoms with E-state index in [2.05, 4.69) is 29.3 Å². The fourth-order valence-corrected chi connectivity index (χ4v) is 3.50. The van der Waals surface area contributed by atoms with Crippen LogP contribution >= 0.6 is 0 Å². The van der Waals surface area contributed by atoms with E-state index in [0.29, 0.717) is 18.7 Å². The standard InChI is InChI=1S/C24H30N2O3/c1-2-19-8-10-21(11-9-19)23(27)12-13-24(28)25-16-22-18-26(14-15-29-22)17-20-6-4-3-5-7-20/h3-11,22H,2,12-18H2,1H3,(H,25,28). The number of nitrogens with one attached hydrogen (secondary N) is 1. The molecule has 0 saturated carbocycles. The smallest absolute Gasteiger partial charge is 0.220 e. The number of ketones is 1. The number of carbonyl (C=O) groups excluding carboxylic acids is 2. The van der Waals surface area contributed by atoms with Gasteiger partial charge in [-0.15, -0.1) is 0 Å². The molecule has 0 radical (unpaired) electrons. The first-order chi connectivity index (χ1) is 14.1. The van der Waals surface area contributed by atoms with Crippen molar-refractivity contribution in [2.75, 3.05) is 26.2 Å². The van der Waals surface area contributed by atoms with Gasteiger partial charge in [-0.1, -0.05) is 61.5 Å². The van der Waals surface area contributed by atoms with E-state index in [-0.39, 0.29) is 30.6 Å². The highest BCUT2D eigenvalue weighted by molar-refractivity contribution is 5.97. The average Bonchev–Trinajstić information content (AvgIpc) is 2.77. The number of amides is 1. The SMILES string of the molecule is CCc1ccc(C(=O)CCC(=O)NCC2CN(Cc3ccccc3)CCO2)cc1. The Morgan fingerprint density at radius 2 is 1.79 bits per heavy atom. The van der Waals surface area contributed by atoms with Crippen LogP contribution in [0.2, 0.25) is 0 Å². The largest absolute Gasteiger partial charge is 0.374 e. The zero-order valence-corrected chi connectivity index (χ0v) is 17.1. The first-order valence-corrected chi connectivity index (χ1v) is 10.4. The number of hydrogen-bond acceptors (Lipinski definition) is 4. The number of Topliss-reactive ketones (excluding diaryl/α,β-unsaturated/α-hetero) is 1. The minimum atomic E-state index is -0.104. The van der Waals surface area contributed by atoms with E-state index in [1.807, 2.05) is 42.5 Å². The van der Waals surface area contributed by atoms with Crippen molar-refractivity contribution in [1.82, 2.24) is 10.2 Å². The molecule has 2 aromatic rings. The molecule has 0 spiro atoms. The van der Waals surface area contributed by atoms with E-state index in [1.54, 1.807) is 0 Å². The number of nitrogens with zero attached hydrogens (tertiary/aromatic N) is 1. The molecule has 1 aliphatic rings. The van der Waals surface area contributed by atoms with E-state index in [0.717, 1.165) is 26.1 Å². The molecule has 1 unspecified atom stereocenters. The van der Waals surface area contributed by atoms with Gasteiger partial charge in [0, 0.05) is 44.6 Å². The van der Waals surface area contributed by atoms with Gasteiger partial charge in [0.25, 0.3) is 0 Å². The minimum absolute atomic E-state index is 0.00533. The van der Waals surface area contributed by atoms with Crippen LogP contribution in [-0.4, -0.2) is 48.9 Å². The number of morpholine rings is 1. The maximum atomic E-state index is 12.3. The lowest BCUT2D eigenvalue weighted by molar-refractivity contribution is -0.122. The molecule has 29 heavy (non-hydrogen) atoms. The minimum Gasteiger partial charge on any atom is -0.374 e. The second-order valence-electron chi connectivity index (χ2n) is 7.49. The summed E-state index contributed by atoms with van der Waals surface area (Å²) in [4.78, 5) is 26.8. The van der Waals surface area contributed by atoms with E-state index in [4.69, 9.17) is 4.74 Å². The summed E-state index contributed by atoms with van der Waals surface area (Å²) in [6.07, 6.45) is 1.36. The summed E-state index contributed by atoms with van der Waals surface area (Å²) >= 11 is 0. The van der Waals surface area contributed by atoms with Gasteiger partial charge in [0.1, 0.15) is 0 Å². The molecular formula is C24H30N2O3. The quantitative estimate of drug-likeness (QED) is 0.664. The van der Waals surface area contributed by atoms with Gasteiger partial charge < -0.3 is 10.1 Å². The van der Waals surface area contributed by atoms with Crippen molar-refractivity contribution in [3.63, 3.8) is 0 Å². The molecule has 1 amide bonds. The number of carbonyl (C=O) groups is 2. The van der Waals surface area contributed by atoms with Gasteiger partial charge in [-0.2, -0.15) is 0 Å². The van der Waals surface area contributed by atoms with E-state index < -0.39 is 0 Å². The van der Waals surface area contributed by atoms with Crippen LogP contribution < -0.4 is 5.32 Å². The van der Waals surface area contributed by atoms with Gasteiger partial charge in [-0.3, -0.25) is 14.5 Å². The summed E-state index contributed by atoms with van der Waals surface area (Å²) in [5, 5.41) is 2.92. The third kappa shape index (κ3) is 6.80. The predicted octanol–water partition coefficient (Wildman–Crippen LogP) is 3.23. The molecule has 1 fully saturated rings. The van der Waals surface area contributed by atoms with E-state index in [9.17, 15) is 9.59 Å². The second kappa shape index (κ2) is 10.9. The summed E-state index contributed by atoms with van der Waals surface area (Å²) < 4.78 is 5.79. The molecule has 154 valence electrons. The van der Waals surface area contributed by atoms with Crippen LogP contribution in [-0.2, 0) is 22.5 Å². The van der Waals surface area contributed by atoms with Crippen molar-refractivity contribution in [1.29, 1.82) is 0 Å². The van der Waals surface area contributed by atoms with Gasteiger partial charge in [0.2, 0.25) is 5.91 Å². The molecule has 1 aliphatic heterocycles. The zero-order chi connectivity index (χ0) is 20.5. The summed E-state index contributed by atoms with van der Waals surface area (Å²) in [5.74, 6) is -0.0990. The van der Waals surface area contributed by atoms with Crippen molar-refractivity contribution < 1.29 is 14.3 Å². The number of hydrogen-bond donors (Lipinski definition) is 1. The third-order valence-corrected chi connectivity index (χ3v) is 5.26. The molecule has 5 nitrogen and oxygen atoms in total. The van der Waals surface area contributed by atoms with Crippen LogP contribution in [0.1, 0.15) is 41.3 Å². The van der Waals surface area contributed by atoms with Crippen LogP contribution in [0.3, 0.4) is 0 Å². The third-order valence-electron chi connectivity index (χ3n) is 5.26. The molecule has 3 rings (SSSR count). The van der Waals surface area contributed by atoms with Crippen molar-refractivity contribution in [3.8, 4) is 0 Å². The summed E-state index contributed by atoms with van der Waals surface area (Å²) in [7, 11) is 0. The van der Waals surface area contributed by atoms with Crippen molar-refractivity contribution in [2.24, 2.45) is 0 Å². The van der Waals surface area contributed by atoms with Gasteiger partial charge in [-0.25, -0.2) is 0 Å². The first kappa shape index (κ1) is 21.2. The highest BCUT2D eigenvalue weighted by Gasteiger charge is 2.21. The van der Waals surface area contributed by atoms with Crippen LogP contribution in [0.25, 0.3) is 0 Å². The van der Waals surface area contributed by atoms with Gasteiger partial charge in [0.05, 0.1) is 12.7 Å². The molecule has 2 aromatic carbocycles. The van der Waals surface area contributed by atoms with Crippen molar-refractivity contribution >= 4 is 11.7 Å². The lowest BCUT2D eigenvalue weighted by Gasteiger charge is -2.33. The first-order valence-electron chi connectivity index (χ1n) is 10.4. The molecule has 1 heterocycles. The Morgan fingerprint density at radius 1 is 1.03 bits per heavy atom. The summed E-state index contributed by atoms with van der Waals surface area (Å²) in [6.45, 7) is 5.80. The van der Waals surface area contributed by atoms with E-state index in [1.165, 1.54) is 11.1 Å². The molecule has 1 saturated heterocycles. The Morgan fingerprint density at radius 3 is 2.52 bits per heavy atom. The van der Waals surface area contributed by atoms with Crippen LogP contribution in [0.4, 0.5) is 0 Å². The highest BCUT2D eigenvalue weighted by Crippen LogP contribution is 2.11. The van der Waals surface area contributed by atoms with Crippen molar-refractivity contribution in [2.45, 2.75) is 38.8 Å². The Bertz CT molecular complexity index is 790. The average molecular weight is 395 g/mol. The lowest BCUT2D eigenvalue weighted by Crippen LogP contribution is -2.47. The molecule has 1 N–H and O–H groups in total. The predicted molar refractivity (Wildman–Crippen MR) is 114 cm³/mol. The molecule has 1 atom stereocenters. The summed E-state index contributed by atoms with van der Waals surface area (Å²) in [6, 6.07) is 18.0. The van der Waals surface area contributed by atoms with Crippen molar-refractivity contribution in [3.05, 3.63) is 71.3 Å². The Hall–Kier alpha value is -2.50. The van der Waals surface area contributed by atoms with Crippen LogP contribution in [0.5, 0.6) is 0 Å². The maximum absolute atomic E-state index is 12.3. The van der Waals surface area contributed by atoms with Crippen LogP contribution in [0, 0.1) is 0 Å². The Kier molecular flexibility index (Phi) is 7.96. The topological polar surface area (TPSA) is 58.6 Å². The normalized spacial score (nSPS) is 17.1. The molecule has 0 aromatic heterocycles. The number of rotatable bonds is 9. The fourth-order valence-electron chi connectivity index (χ4n) is 3.50. The summed E-state index contributed by atoms with van der Waals surface area (Å²) in [5.41, 5.74) is 3.15. The maximum Gasteiger partial charge on any atom is 0.220 e. The number of benzene rings is 2. The second-order valence-corrected chi connectivity index (χ2v) is 7.49. The Balaban J connectivity index is 1.37. The molecule has 5 heteroatoms. The molecular weight excluding hydrogens is 364 g/mol. The van der Waals surface area contributed by atoms with Gasteiger partial charge >= 0.3 is 0 Å². The fraction of sp³-hybridized carbons (Fsp3) is 0.417. The van der Waals surface area contributed by atoms with Gasteiger partial charge in [-0.05, 0) is 17.5 Å². The molecule has 0 aliphatic carbocycles. The molecule has 0 bridgehead atoms.